The molecule has 0 heterocycles. The molecule has 0 bridgehead atoms. The van der Waals surface area contributed by atoms with Crippen molar-refractivity contribution in [2.24, 2.45) is 11.5 Å². The maximum Gasteiger partial charge on any atom is 0.335 e. The number of carboxylic acids is 2. The van der Waals surface area contributed by atoms with Crippen molar-refractivity contribution in [3.05, 3.63) is 35.4 Å². The molecular formula is C12H14N2O6. The summed E-state index contributed by atoms with van der Waals surface area (Å²) < 4.78 is 0. The number of benzene rings is 1. The van der Waals surface area contributed by atoms with Crippen LogP contribution < -0.4 is 11.5 Å². The van der Waals surface area contributed by atoms with Crippen LogP contribution in [0.4, 0.5) is 0 Å². The van der Waals surface area contributed by atoms with E-state index in [4.69, 9.17) is 21.7 Å². The predicted octanol–water partition coefficient (Wildman–Crippen LogP) is -0.180. The minimum Gasteiger partial charge on any atom is -0.478 e. The Kier molecular flexibility index (Phi) is 7.05. The molecule has 0 spiro atoms. The zero-order valence-electron chi connectivity index (χ0n) is 10.4. The molecule has 0 aromatic heterocycles. The molecule has 20 heavy (non-hydrogen) atoms. The third kappa shape index (κ3) is 7.43. The Morgan fingerprint density at radius 2 is 1.00 bits per heavy atom. The molecule has 8 nitrogen and oxygen atoms in total. The molecule has 0 aliphatic heterocycles. The number of hydrogen-bond acceptors (Lipinski definition) is 4. The van der Waals surface area contributed by atoms with E-state index in [1.807, 2.05) is 0 Å². The van der Waals surface area contributed by atoms with Crippen LogP contribution in [0.2, 0.25) is 0 Å². The molecule has 0 saturated carbocycles. The molecule has 2 amide bonds. The van der Waals surface area contributed by atoms with Gasteiger partial charge in [-0.2, -0.15) is 0 Å². The van der Waals surface area contributed by atoms with Gasteiger partial charge in [-0.25, -0.2) is 9.59 Å². The summed E-state index contributed by atoms with van der Waals surface area (Å²) in [7, 11) is 0. The van der Waals surface area contributed by atoms with Gasteiger partial charge in [0.05, 0.1) is 11.1 Å². The highest BCUT2D eigenvalue weighted by Gasteiger charge is 2.04. The van der Waals surface area contributed by atoms with Crippen molar-refractivity contribution in [2.45, 2.75) is 12.8 Å². The normalized spacial score (nSPS) is 9.00. The molecule has 1 aromatic carbocycles. The number of carboxylic acid groups (broad SMARTS) is 2. The minimum atomic E-state index is -1.06. The number of aromatic carboxylic acids is 2. The summed E-state index contributed by atoms with van der Waals surface area (Å²) in [6.45, 7) is 0. The van der Waals surface area contributed by atoms with Gasteiger partial charge in [0.15, 0.2) is 0 Å². The maximum atomic E-state index is 10.3. The van der Waals surface area contributed by atoms with Crippen LogP contribution in [-0.2, 0) is 9.59 Å². The second-order valence-electron chi connectivity index (χ2n) is 3.62. The van der Waals surface area contributed by atoms with Crippen LogP contribution in [-0.4, -0.2) is 34.0 Å². The molecule has 6 N–H and O–H groups in total. The second kappa shape index (κ2) is 8.25. The van der Waals surface area contributed by atoms with Crippen molar-refractivity contribution in [1.82, 2.24) is 0 Å². The molecule has 8 heteroatoms. The van der Waals surface area contributed by atoms with Gasteiger partial charge >= 0.3 is 11.9 Å². The lowest BCUT2D eigenvalue weighted by Gasteiger charge is -1.94. The number of hydrogen-bond donors (Lipinski definition) is 4. The quantitative estimate of drug-likeness (QED) is 0.585. The third-order valence-electron chi connectivity index (χ3n) is 2.00. The summed E-state index contributed by atoms with van der Waals surface area (Å²) in [5.41, 5.74) is 9.55. The zero-order valence-corrected chi connectivity index (χ0v) is 10.4. The summed E-state index contributed by atoms with van der Waals surface area (Å²) in [4.78, 5) is 40.5. The van der Waals surface area contributed by atoms with Crippen molar-refractivity contribution >= 4 is 23.8 Å². The van der Waals surface area contributed by atoms with Crippen molar-refractivity contribution < 1.29 is 29.4 Å². The first-order valence-electron chi connectivity index (χ1n) is 5.37. The van der Waals surface area contributed by atoms with E-state index in [-0.39, 0.29) is 24.0 Å². The van der Waals surface area contributed by atoms with Gasteiger partial charge in [-0.05, 0) is 24.3 Å². The lowest BCUT2D eigenvalue weighted by molar-refractivity contribution is -0.123. The van der Waals surface area contributed by atoms with E-state index in [0.29, 0.717) is 0 Å². The average Bonchev–Trinajstić information content (AvgIpc) is 2.37. The molecular weight excluding hydrogens is 268 g/mol. The zero-order chi connectivity index (χ0) is 15.7. The van der Waals surface area contributed by atoms with Gasteiger partial charge in [-0.15, -0.1) is 0 Å². The topological polar surface area (TPSA) is 161 Å². The molecule has 0 aliphatic rings. The molecule has 0 fully saturated rings. The Morgan fingerprint density at radius 1 is 0.750 bits per heavy atom. The first kappa shape index (κ1) is 17.1. The van der Waals surface area contributed by atoms with Crippen LogP contribution in [0.25, 0.3) is 0 Å². The number of carbonyl (C=O) groups excluding carboxylic acids is 2. The SMILES string of the molecule is NC(=O)CCC(N)=O.O=C(O)c1ccc(C(=O)O)cc1. The van der Waals surface area contributed by atoms with Crippen molar-refractivity contribution in [1.29, 1.82) is 0 Å². The van der Waals surface area contributed by atoms with E-state index in [9.17, 15) is 19.2 Å². The monoisotopic (exact) mass is 282 g/mol. The number of rotatable bonds is 5. The lowest BCUT2D eigenvalue weighted by Crippen LogP contribution is -2.16. The van der Waals surface area contributed by atoms with Gasteiger partial charge in [-0.1, -0.05) is 0 Å². The summed E-state index contributed by atoms with van der Waals surface area (Å²) in [5.74, 6) is -3.12. The Morgan fingerprint density at radius 3 is 1.15 bits per heavy atom. The van der Waals surface area contributed by atoms with Crippen molar-refractivity contribution in [3.63, 3.8) is 0 Å². The van der Waals surface area contributed by atoms with Gasteiger partial charge in [0.1, 0.15) is 0 Å². The Balaban J connectivity index is 0.000000396. The summed E-state index contributed by atoms with van der Waals surface area (Å²) >= 11 is 0. The van der Waals surface area contributed by atoms with Crippen LogP contribution in [0.15, 0.2) is 24.3 Å². The Labute approximate surface area is 114 Å². The van der Waals surface area contributed by atoms with Gasteiger partial charge in [-0.3, -0.25) is 9.59 Å². The van der Waals surface area contributed by atoms with Gasteiger partial charge < -0.3 is 21.7 Å². The van der Waals surface area contributed by atoms with Gasteiger partial charge in [0.25, 0.3) is 0 Å². The van der Waals surface area contributed by atoms with Crippen LogP contribution in [0, 0.1) is 0 Å². The van der Waals surface area contributed by atoms with Crippen LogP contribution in [0.1, 0.15) is 33.6 Å². The molecule has 1 rings (SSSR count). The number of primary amides is 2. The minimum absolute atomic E-state index is 0.0509. The number of amides is 2. The molecule has 108 valence electrons. The predicted molar refractivity (Wildman–Crippen MR) is 68.0 cm³/mol. The standard InChI is InChI=1S/C8H6O4.C4H8N2O2/c9-7(10)5-1-2-6(4-3-5)8(11)12;5-3(7)1-2-4(6)8/h1-4H,(H,9,10)(H,11,12);1-2H2,(H2,5,7)(H2,6,8). The van der Waals surface area contributed by atoms with E-state index < -0.39 is 23.8 Å². The first-order chi connectivity index (χ1) is 9.23. The van der Waals surface area contributed by atoms with E-state index >= 15 is 0 Å². The molecule has 1 aromatic rings. The van der Waals surface area contributed by atoms with Crippen molar-refractivity contribution in [3.8, 4) is 0 Å². The van der Waals surface area contributed by atoms with E-state index in [2.05, 4.69) is 0 Å². The van der Waals surface area contributed by atoms with Gasteiger partial charge in [0.2, 0.25) is 11.8 Å². The fourth-order valence-electron chi connectivity index (χ4n) is 1.00. The van der Waals surface area contributed by atoms with E-state index in [0.717, 1.165) is 0 Å². The molecule has 0 radical (unpaired) electrons. The Hall–Kier alpha value is -2.90. The maximum absolute atomic E-state index is 10.3. The largest absolute Gasteiger partial charge is 0.478 e. The molecule has 0 atom stereocenters. The number of nitrogens with two attached hydrogens (primary N) is 2. The van der Waals surface area contributed by atoms with Crippen LogP contribution in [0.5, 0.6) is 0 Å². The second-order valence-corrected chi connectivity index (χ2v) is 3.62. The molecule has 0 unspecified atom stereocenters. The lowest BCUT2D eigenvalue weighted by atomic mass is 10.1. The number of carbonyl (C=O) groups is 4. The van der Waals surface area contributed by atoms with Gasteiger partial charge in [0, 0.05) is 12.8 Å². The molecule has 0 saturated heterocycles. The summed E-state index contributed by atoms with van der Waals surface area (Å²) in [6.07, 6.45) is 0.102. The summed E-state index contributed by atoms with van der Waals surface area (Å²) in [6, 6.07) is 5.02. The first-order valence-corrected chi connectivity index (χ1v) is 5.37. The van der Waals surface area contributed by atoms with Crippen molar-refractivity contribution in [2.75, 3.05) is 0 Å². The third-order valence-corrected chi connectivity index (χ3v) is 2.00. The smallest absolute Gasteiger partial charge is 0.335 e. The van der Waals surface area contributed by atoms with Crippen LogP contribution in [0.3, 0.4) is 0 Å². The fraction of sp³-hybridized carbons (Fsp3) is 0.167. The highest BCUT2D eigenvalue weighted by molar-refractivity contribution is 5.91. The average molecular weight is 282 g/mol. The summed E-state index contributed by atoms with van der Waals surface area (Å²) in [5, 5.41) is 16.9. The highest BCUT2D eigenvalue weighted by atomic mass is 16.4. The molecule has 0 aliphatic carbocycles. The van der Waals surface area contributed by atoms with Crippen LogP contribution >= 0.6 is 0 Å². The Bertz CT molecular complexity index is 462. The van der Waals surface area contributed by atoms with E-state index in [1.165, 1.54) is 24.3 Å². The van der Waals surface area contributed by atoms with E-state index in [1.54, 1.807) is 0 Å². The highest BCUT2D eigenvalue weighted by Crippen LogP contribution is 2.03. The fourth-order valence-corrected chi connectivity index (χ4v) is 1.00.